The molecule has 0 aliphatic carbocycles. The molecule has 0 atom stereocenters. The van der Waals surface area contributed by atoms with Crippen molar-refractivity contribution in [3.05, 3.63) is 35.9 Å². The van der Waals surface area contributed by atoms with Gasteiger partial charge in [-0.2, -0.15) is 11.8 Å². The maximum atomic E-state index is 12.5. The van der Waals surface area contributed by atoms with E-state index in [1.54, 1.807) is 11.8 Å². The van der Waals surface area contributed by atoms with Crippen molar-refractivity contribution in [3.63, 3.8) is 0 Å². The second-order valence-electron chi connectivity index (χ2n) is 7.06. The molecule has 0 aromatic heterocycles. The second kappa shape index (κ2) is 9.27. The zero-order valence-corrected chi connectivity index (χ0v) is 16.3. The SMILES string of the molecule is COC(=O)C1(c2ccccc2)CCN(C(=O)CSCCC(C)C)CC1. The molecule has 1 aromatic carbocycles. The average Bonchev–Trinajstić information content (AvgIpc) is 2.65. The number of methoxy groups -OCH3 is 1. The van der Waals surface area contributed by atoms with Gasteiger partial charge in [0.2, 0.25) is 5.91 Å². The van der Waals surface area contributed by atoms with Crippen molar-refractivity contribution >= 4 is 23.6 Å². The van der Waals surface area contributed by atoms with Gasteiger partial charge in [0.25, 0.3) is 0 Å². The molecule has 25 heavy (non-hydrogen) atoms. The highest BCUT2D eigenvalue weighted by atomic mass is 32.2. The molecule has 0 bridgehead atoms. The number of piperidine rings is 1. The van der Waals surface area contributed by atoms with E-state index in [4.69, 9.17) is 4.74 Å². The van der Waals surface area contributed by atoms with Crippen molar-refractivity contribution in [2.45, 2.75) is 38.5 Å². The summed E-state index contributed by atoms with van der Waals surface area (Å²) in [5, 5.41) is 0. The summed E-state index contributed by atoms with van der Waals surface area (Å²) in [6.45, 7) is 5.60. The topological polar surface area (TPSA) is 46.6 Å². The fraction of sp³-hybridized carbons (Fsp3) is 0.600. The first-order chi connectivity index (χ1) is 12.0. The molecule has 1 fully saturated rings. The minimum absolute atomic E-state index is 0.181. The van der Waals surface area contributed by atoms with E-state index in [9.17, 15) is 9.59 Å². The molecule has 0 radical (unpaired) electrons. The molecule has 0 spiro atoms. The van der Waals surface area contributed by atoms with Gasteiger partial charge < -0.3 is 9.64 Å². The first-order valence-corrected chi connectivity index (χ1v) is 10.1. The molecule has 1 heterocycles. The largest absolute Gasteiger partial charge is 0.468 e. The summed E-state index contributed by atoms with van der Waals surface area (Å²) in [6.07, 6.45) is 2.37. The summed E-state index contributed by atoms with van der Waals surface area (Å²) in [5.41, 5.74) is 0.359. The molecule has 1 saturated heterocycles. The van der Waals surface area contributed by atoms with Crippen molar-refractivity contribution in [2.75, 3.05) is 31.7 Å². The zero-order valence-electron chi connectivity index (χ0n) is 15.5. The van der Waals surface area contributed by atoms with Crippen LogP contribution in [0.25, 0.3) is 0 Å². The van der Waals surface area contributed by atoms with Gasteiger partial charge in [0.15, 0.2) is 0 Å². The molecule has 5 heteroatoms. The highest BCUT2D eigenvalue weighted by Gasteiger charge is 2.44. The summed E-state index contributed by atoms with van der Waals surface area (Å²) in [6, 6.07) is 9.81. The van der Waals surface area contributed by atoms with Crippen molar-refractivity contribution < 1.29 is 14.3 Å². The average molecular weight is 364 g/mol. The number of benzene rings is 1. The van der Waals surface area contributed by atoms with Crippen LogP contribution in [0.3, 0.4) is 0 Å². The fourth-order valence-electron chi connectivity index (χ4n) is 3.27. The van der Waals surface area contributed by atoms with Gasteiger partial charge in [0.05, 0.1) is 18.3 Å². The third kappa shape index (κ3) is 5.00. The lowest BCUT2D eigenvalue weighted by Gasteiger charge is -2.40. The van der Waals surface area contributed by atoms with Crippen LogP contribution in [0.5, 0.6) is 0 Å². The molecule has 0 saturated carbocycles. The van der Waals surface area contributed by atoms with Gasteiger partial charge in [-0.05, 0) is 36.5 Å². The van der Waals surface area contributed by atoms with Crippen LogP contribution in [-0.4, -0.2) is 48.5 Å². The third-order valence-corrected chi connectivity index (χ3v) is 5.91. The van der Waals surface area contributed by atoms with Gasteiger partial charge in [-0.1, -0.05) is 44.2 Å². The number of nitrogens with zero attached hydrogens (tertiary/aromatic N) is 1. The molecule has 0 unspecified atom stereocenters. The molecule has 0 N–H and O–H groups in total. The van der Waals surface area contributed by atoms with Gasteiger partial charge in [-0.25, -0.2) is 0 Å². The van der Waals surface area contributed by atoms with Crippen LogP contribution < -0.4 is 0 Å². The van der Waals surface area contributed by atoms with Crippen molar-refractivity contribution in [1.82, 2.24) is 4.90 Å². The van der Waals surface area contributed by atoms with Gasteiger partial charge in [0, 0.05) is 13.1 Å². The Labute approximate surface area is 155 Å². The summed E-state index contributed by atoms with van der Waals surface area (Å²) in [4.78, 5) is 26.8. The van der Waals surface area contributed by atoms with Crippen LogP contribution in [0.4, 0.5) is 0 Å². The number of carbonyl (C=O) groups is 2. The van der Waals surface area contributed by atoms with E-state index in [0.29, 0.717) is 37.6 Å². The molecule has 1 aromatic rings. The quantitative estimate of drug-likeness (QED) is 0.549. The number of likely N-dealkylation sites (tertiary alicyclic amines) is 1. The standard InChI is InChI=1S/C20H29NO3S/c1-16(2)9-14-25-15-18(22)21-12-10-20(11-13-21,19(23)24-3)17-7-5-4-6-8-17/h4-8,16H,9-15H2,1-3H3. The number of rotatable bonds is 7. The number of hydrogen-bond acceptors (Lipinski definition) is 4. The number of hydrogen-bond donors (Lipinski definition) is 0. The van der Waals surface area contributed by atoms with Gasteiger partial charge in [0.1, 0.15) is 0 Å². The molecular formula is C20H29NO3S. The Balaban J connectivity index is 1.95. The zero-order chi connectivity index (χ0) is 18.3. The summed E-state index contributed by atoms with van der Waals surface area (Å²) in [7, 11) is 1.44. The Kier molecular flexibility index (Phi) is 7.36. The second-order valence-corrected chi connectivity index (χ2v) is 8.16. The highest BCUT2D eigenvalue weighted by Crippen LogP contribution is 2.37. The molecule has 138 valence electrons. The summed E-state index contributed by atoms with van der Waals surface area (Å²) >= 11 is 1.71. The van der Waals surface area contributed by atoms with Crippen LogP contribution >= 0.6 is 11.8 Å². The van der Waals surface area contributed by atoms with Crippen LogP contribution in [0.2, 0.25) is 0 Å². The molecule has 2 rings (SSSR count). The smallest absolute Gasteiger partial charge is 0.316 e. The lowest BCUT2D eigenvalue weighted by Crippen LogP contribution is -2.49. The molecule has 1 amide bonds. The predicted octanol–water partition coefficient (Wildman–Crippen LogP) is 3.50. The lowest BCUT2D eigenvalue weighted by atomic mass is 9.72. The first kappa shape index (κ1) is 19.8. The summed E-state index contributed by atoms with van der Waals surface area (Å²) in [5.74, 6) is 2.21. The number of esters is 1. The normalized spacial score (nSPS) is 16.7. The van der Waals surface area contributed by atoms with E-state index < -0.39 is 5.41 Å². The van der Waals surface area contributed by atoms with Gasteiger partial charge >= 0.3 is 5.97 Å². The highest BCUT2D eigenvalue weighted by molar-refractivity contribution is 7.99. The van der Waals surface area contributed by atoms with Gasteiger partial charge in [-0.15, -0.1) is 0 Å². The Morgan fingerprint density at radius 1 is 1.20 bits per heavy atom. The molecule has 4 nitrogen and oxygen atoms in total. The summed E-state index contributed by atoms with van der Waals surface area (Å²) < 4.78 is 5.10. The van der Waals surface area contributed by atoms with E-state index in [0.717, 1.165) is 17.7 Å². The van der Waals surface area contributed by atoms with Crippen molar-refractivity contribution in [1.29, 1.82) is 0 Å². The number of amides is 1. The van der Waals surface area contributed by atoms with Gasteiger partial charge in [-0.3, -0.25) is 9.59 Å². The van der Waals surface area contributed by atoms with Crippen LogP contribution in [-0.2, 0) is 19.7 Å². The van der Waals surface area contributed by atoms with E-state index in [-0.39, 0.29) is 11.9 Å². The first-order valence-electron chi connectivity index (χ1n) is 8.99. The van der Waals surface area contributed by atoms with Crippen LogP contribution in [0, 0.1) is 5.92 Å². The lowest BCUT2D eigenvalue weighted by molar-refractivity contribution is -0.151. The third-order valence-electron chi connectivity index (χ3n) is 4.94. The van der Waals surface area contributed by atoms with E-state index in [2.05, 4.69) is 13.8 Å². The van der Waals surface area contributed by atoms with Crippen molar-refractivity contribution in [3.8, 4) is 0 Å². The fourth-order valence-corrected chi connectivity index (χ4v) is 4.41. The monoisotopic (exact) mass is 363 g/mol. The maximum absolute atomic E-state index is 12.5. The number of ether oxygens (including phenoxy) is 1. The van der Waals surface area contributed by atoms with Crippen LogP contribution in [0.15, 0.2) is 30.3 Å². The van der Waals surface area contributed by atoms with E-state index >= 15 is 0 Å². The maximum Gasteiger partial charge on any atom is 0.316 e. The molecule has 1 aliphatic rings. The number of carbonyl (C=O) groups excluding carboxylic acids is 2. The Morgan fingerprint density at radius 2 is 1.84 bits per heavy atom. The molecule has 1 aliphatic heterocycles. The van der Waals surface area contributed by atoms with E-state index in [1.807, 2.05) is 35.2 Å². The van der Waals surface area contributed by atoms with E-state index in [1.165, 1.54) is 7.11 Å². The predicted molar refractivity (Wildman–Crippen MR) is 103 cm³/mol. The Hall–Kier alpha value is -1.49. The Bertz CT molecular complexity index is 566. The van der Waals surface area contributed by atoms with Crippen LogP contribution in [0.1, 0.15) is 38.7 Å². The molecular weight excluding hydrogens is 334 g/mol. The minimum Gasteiger partial charge on any atom is -0.468 e. The Morgan fingerprint density at radius 3 is 2.40 bits per heavy atom. The number of thioether (sulfide) groups is 1. The minimum atomic E-state index is -0.627. The van der Waals surface area contributed by atoms with Crippen molar-refractivity contribution in [2.24, 2.45) is 5.92 Å².